The fourth-order valence-electron chi connectivity index (χ4n) is 3.45. The van der Waals surface area contributed by atoms with E-state index in [-0.39, 0.29) is 23.6 Å². The molecule has 0 spiro atoms. The van der Waals surface area contributed by atoms with E-state index in [1.807, 2.05) is 6.92 Å². The minimum Gasteiger partial charge on any atom is -0.469 e. The molecule has 1 aliphatic rings. The monoisotopic (exact) mass is 402 g/mol. The molecule has 2 heterocycles. The number of oxazole rings is 1. The van der Waals surface area contributed by atoms with Gasteiger partial charge in [-0.3, -0.25) is 9.79 Å². The topological polar surface area (TPSA) is 80.0 Å². The van der Waals surface area contributed by atoms with Gasteiger partial charge in [-0.15, -0.1) is 0 Å². The van der Waals surface area contributed by atoms with Gasteiger partial charge in [0.15, 0.2) is 5.96 Å². The minimum absolute atomic E-state index is 0.141. The molecule has 2 aromatic rings. The molecule has 0 radical (unpaired) electrons. The number of guanidine groups is 1. The maximum atomic E-state index is 13.1. The zero-order valence-electron chi connectivity index (χ0n) is 17.0. The zero-order valence-corrected chi connectivity index (χ0v) is 17.0. The summed E-state index contributed by atoms with van der Waals surface area (Å²) in [6.45, 7) is 6.69. The SMILES string of the molecule is CCNC(=NCCc1coc(-c2ccc(F)cc2)n1)N1CC(C)C(C(=O)OC)C1. The Labute approximate surface area is 170 Å². The lowest BCUT2D eigenvalue weighted by atomic mass is 9.99. The summed E-state index contributed by atoms with van der Waals surface area (Å²) in [6, 6.07) is 6.03. The highest BCUT2D eigenvalue weighted by molar-refractivity contribution is 5.82. The summed E-state index contributed by atoms with van der Waals surface area (Å²) in [5, 5.41) is 3.29. The average molecular weight is 402 g/mol. The quantitative estimate of drug-likeness (QED) is 0.455. The summed E-state index contributed by atoms with van der Waals surface area (Å²) in [5.41, 5.74) is 1.51. The molecule has 1 aromatic heterocycles. The molecule has 1 aliphatic heterocycles. The lowest BCUT2D eigenvalue weighted by molar-refractivity contribution is -0.145. The van der Waals surface area contributed by atoms with Crippen LogP contribution in [0.4, 0.5) is 4.39 Å². The van der Waals surface area contributed by atoms with Crippen LogP contribution in [0.15, 0.2) is 39.9 Å². The van der Waals surface area contributed by atoms with E-state index in [4.69, 9.17) is 9.15 Å². The summed E-state index contributed by atoms with van der Waals surface area (Å²) >= 11 is 0. The van der Waals surface area contributed by atoms with Gasteiger partial charge in [0.25, 0.3) is 0 Å². The number of esters is 1. The van der Waals surface area contributed by atoms with E-state index in [0.29, 0.717) is 25.4 Å². The van der Waals surface area contributed by atoms with Crippen molar-refractivity contribution in [1.82, 2.24) is 15.2 Å². The zero-order chi connectivity index (χ0) is 20.8. The number of methoxy groups -OCH3 is 1. The normalized spacial score (nSPS) is 19.4. The maximum Gasteiger partial charge on any atom is 0.310 e. The van der Waals surface area contributed by atoms with Crippen LogP contribution in [0.25, 0.3) is 11.5 Å². The Hall–Kier alpha value is -2.90. The first kappa shape index (κ1) is 20.8. The maximum absolute atomic E-state index is 13.1. The first-order valence-corrected chi connectivity index (χ1v) is 9.83. The molecular weight excluding hydrogens is 375 g/mol. The number of aliphatic imine (C=N–C) groups is 1. The third-order valence-corrected chi connectivity index (χ3v) is 5.02. The highest BCUT2D eigenvalue weighted by Gasteiger charge is 2.36. The lowest BCUT2D eigenvalue weighted by Crippen LogP contribution is -2.40. The minimum atomic E-state index is -0.295. The van der Waals surface area contributed by atoms with Crippen molar-refractivity contribution >= 4 is 11.9 Å². The van der Waals surface area contributed by atoms with E-state index >= 15 is 0 Å². The Morgan fingerprint density at radius 2 is 2.14 bits per heavy atom. The summed E-state index contributed by atoms with van der Waals surface area (Å²) in [4.78, 5) is 23.2. The van der Waals surface area contributed by atoms with Gasteiger partial charge < -0.3 is 19.4 Å². The fraction of sp³-hybridized carbons (Fsp3) is 0.476. The van der Waals surface area contributed by atoms with E-state index in [9.17, 15) is 9.18 Å². The summed E-state index contributed by atoms with van der Waals surface area (Å²) in [6.07, 6.45) is 2.22. The number of halogens is 1. The third-order valence-electron chi connectivity index (χ3n) is 5.02. The van der Waals surface area contributed by atoms with Gasteiger partial charge in [0, 0.05) is 38.2 Å². The number of hydrogen-bond donors (Lipinski definition) is 1. The number of aromatic nitrogens is 1. The highest BCUT2D eigenvalue weighted by Crippen LogP contribution is 2.24. The highest BCUT2D eigenvalue weighted by atomic mass is 19.1. The predicted octanol–water partition coefficient (Wildman–Crippen LogP) is 2.73. The van der Waals surface area contributed by atoms with Crippen LogP contribution in [0.2, 0.25) is 0 Å². The number of benzene rings is 1. The summed E-state index contributed by atoms with van der Waals surface area (Å²) in [5.74, 6) is 0.846. The largest absolute Gasteiger partial charge is 0.469 e. The first-order chi connectivity index (χ1) is 14.0. The number of carbonyl (C=O) groups excluding carboxylic acids is 1. The van der Waals surface area contributed by atoms with Crippen LogP contribution in [0.3, 0.4) is 0 Å². The lowest BCUT2D eigenvalue weighted by Gasteiger charge is -2.21. The van der Waals surface area contributed by atoms with Crippen LogP contribution in [0, 0.1) is 17.7 Å². The molecule has 2 unspecified atom stereocenters. The molecule has 0 aliphatic carbocycles. The standard InChI is InChI=1S/C21H27FN4O3/c1-4-23-21(26-11-14(2)18(12-26)20(27)28-3)24-10-9-17-13-29-19(25-17)15-5-7-16(22)8-6-15/h5-8,13-14,18H,4,9-12H2,1-3H3,(H,23,24). The van der Waals surface area contributed by atoms with E-state index < -0.39 is 0 Å². The Morgan fingerprint density at radius 3 is 2.83 bits per heavy atom. The molecule has 0 bridgehead atoms. The smallest absolute Gasteiger partial charge is 0.310 e. The molecule has 2 atom stereocenters. The van der Waals surface area contributed by atoms with Crippen LogP contribution in [-0.2, 0) is 16.0 Å². The van der Waals surface area contributed by atoms with Crippen molar-refractivity contribution in [2.45, 2.75) is 20.3 Å². The van der Waals surface area contributed by atoms with E-state index in [0.717, 1.165) is 30.3 Å². The number of ether oxygens (including phenoxy) is 1. The molecule has 3 rings (SSSR count). The van der Waals surface area contributed by atoms with Gasteiger partial charge in [-0.05, 0) is 37.1 Å². The van der Waals surface area contributed by atoms with Gasteiger partial charge in [-0.1, -0.05) is 6.92 Å². The van der Waals surface area contributed by atoms with Gasteiger partial charge in [0.1, 0.15) is 12.1 Å². The van der Waals surface area contributed by atoms with E-state index in [1.165, 1.54) is 19.2 Å². The number of nitrogens with zero attached hydrogens (tertiary/aromatic N) is 3. The molecule has 0 amide bonds. The van der Waals surface area contributed by atoms with Gasteiger partial charge in [-0.2, -0.15) is 0 Å². The van der Waals surface area contributed by atoms with E-state index in [2.05, 4.69) is 27.1 Å². The number of rotatable bonds is 6. The Bertz CT molecular complexity index is 850. The van der Waals surface area contributed by atoms with Crippen molar-refractivity contribution in [1.29, 1.82) is 0 Å². The van der Waals surface area contributed by atoms with Crippen molar-refractivity contribution in [3.63, 3.8) is 0 Å². The van der Waals surface area contributed by atoms with Crippen LogP contribution in [0.5, 0.6) is 0 Å². The predicted molar refractivity (Wildman–Crippen MR) is 108 cm³/mol. The second-order valence-corrected chi connectivity index (χ2v) is 7.15. The molecule has 8 heteroatoms. The average Bonchev–Trinajstić information content (AvgIpc) is 3.34. The van der Waals surface area contributed by atoms with Crippen molar-refractivity contribution in [2.75, 3.05) is 33.3 Å². The van der Waals surface area contributed by atoms with Gasteiger partial charge in [0.2, 0.25) is 5.89 Å². The van der Waals surface area contributed by atoms with Crippen molar-refractivity contribution in [3.8, 4) is 11.5 Å². The van der Waals surface area contributed by atoms with Gasteiger partial charge in [-0.25, -0.2) is 9.37 Å². The number of nitrogens with one attached hydrogen (secondary N) is 1. The van der Waals surface area contributed by atoms with Crippen molar-refractivity contribution < 1.29 is 18.3 Å². The summed E-state index contributed by atoms with van der Waals surface area (Å²) in [7, 11) is 1.43. The van der Waals surface area contributed by atoms with Crippen LogP contribution in [0.1, 0.15) is 19.5 Å². The second kappa shape index (κ2) is 9.54. The van der Waals surface area contributed by atoms with E-state index in [1.54, 1.807) is 18.4 Å². The third kappa shape index (κ3) is 5.13. The van der Waals surface area contributed by atoms with Crippen LogP contribution >= 0.6 is 0 Å². The molecule has 0 saturated carbocycles. The molecule has 1 saturated heterocycles. The van der Waals surface area contributed by atoms with Gasteiger partial charge >= 0.3 is 5.97 Å². The molecule has 156 valence electrons. The molecule has 7 nitrogen and oxygen atoms in total. The molecule has 1 N–H and O–H groups in total. The van der Waals surface area contributed by atoms with Crippen LogP contribution < -0.4 is 5.32 Å². The molecule has 1 aromatic carbocycles. The number of likely N-dealkylation sites (tertiary alicyclic amines) is 1. The van der Waals surface area contributed by atoms with Gasteiger partial charge in [0.05, 0.1) is 18.7 Å². The molecule has 29 heavy (non-hydrogen) atoms. The Kier molecular flexibility index (Phi) is 6.85. The molecular formula is C21H27FN4O3. The Balaban J connectivity index is 1.61. The number of carbonyl (C=O) groups is 1. The Morgan fingerprint density at radius 1 is 1.38 bits per heavy atom. The van der Waals surface area contributed by atoms with Crippen molar-refractivity contribution in [3.05, 3.63) is 42.0 Å². The summed E-state index contributed by atoms with van der Waals surface area (Å²) < 4.78 is 23.5. The number of hydrogen-bond acceptors (Lipinski definition) is 5. The van der Waals surface area contributed by atoms with Crippen molar-refractivity contribution in [2.24, 2.45) is 16.8 Å². The fourth-order valence-corrected chi connectivity index (χ4v) is 3.45. The molecule has 1 fully saturated rings. The first-order valence-electron chi connectivity index (χ1n) is 9.83. The van der Waals surface area contributed by atoms with Crippen LogP contribution in [-0.4, -0.2) is 55.1 Å². The second-order valence-electron chi connectivity index (χ2n) is 7.15.